The van der Waals surface area contributed by atoms with Crippen molar-refractivity contribution in [3.8, 4) is 0 Å². The predicted octanol–water partition coefficient (Wildman–Crippen LogP) is 4.42. The molecule has 0 spiro atoms. The average Bonchev–Trinajstić information content (AvgIpc) is 3.12. The Hall–Kier alpha value is -3.65. The zero-order valence-electron chi connectivity index (χ0n) is 17.2. The first-order valence-corrected chi connectivity index (χ1v) is 11.3. The lowest BCUT2D eigenvalue weighted by molar-refractivity contribution is 0.102. The van der Waals surface area contributed by atoms with Crippen molar-refractivity contribution in [1.82, 2.24) is 9.55 Å². The minimum absolute atomic E-state index is 0.00437. The fraction of sp³-hybridized carbons (Fsp3) is 0.130. The van der Waals surface area contributed by atoms with Crippen molar-refractivity contribution in [3.05, 3.63) is 83.9 Å². The van der Waals surface area contributed by atoms with Crippen molar-refractivity contribution >= 4 is 38.6 Å². The monoisotopic (exact) mass is 434 g/mol. The molecule has 0 aliphatic carbocycles. The SMILES string of the molecule is CCn1c(NC(=O)c2cccc(S(=O)(=O)Nc3ccc(C)cc3)c2)nc2ccccc21. The normalized spacial score (nSPS) is 11.4. The molecule has 0 fully saturated rings. The van der Waals surface area contributed by atoms with Gasteiger partial charge in [-0.05, 0) is 56.3 Å². The van der Waals surface area contributed by atoms with Crippen LogP contribution in [0.2, 0.25) is 0 Å². The van der Waals surface area contributed by atoms with E-state index in [1.807, 2.05) is 54.8 Å². The number of benzene rings is 3. The van der Waals surface area contributed by atoms with Crippen LogP contribution in [-0.4, -0.2) is 23.9 Å². The molecule has 0 bridgehead atoms. The van der Waals surface area contributed by atoms with E-state index in [4.69, 9.17) is 0 Å². The largest absolute Gasteiger partial charge is 0.310 e. The van der Waals surface area contributed by atoms with Gasteiger partial charge < -0.3 is 4.57 Å². The molecule has 0 saturated carbocycles. The third-order valence-corrected chi connectivity index (χ3v) is 6.29. The van der Waals surface area contributed by atoms with Gasteiger partial charge in [-0.15, -0.1) is 0 Å². The quantitative estimate of drug-likeness (QED) is 0.470. The maximum atomic E-state index is 12.9. The van der Waals surface area contributed by atoms with Gasteiger partial charge >= 0.3 is 0 Å². The number of carbonyl (C=O) groups is 1. The van der Waals surface area contributed by atoms with Crippen LogP contribution in [0.15, 0.2) is 77.7 Å². The molecule has 4 rings (SSSR count). The number of nitrogens with one attached hydrogen (secondary N) is 2. The molecule has 158 valence electrons. The molecule has 0 saturated heterocycles. The number of nitrogens with zero attached hydrogens (tertiary/aromatic N) is 2. The smallest absolute Gasteiger partial charge is 0.261 e. The van der Waals surface area contributed by atoms with Gasteiger partial charge in [-0.25, -0.2) is 13.4 Å². The second-order valence-corrected chi connectivity index (χ2v) is 8.80. The molecule has 2 N–H and O–H groups in total. The summed E-state index contributed by atoms with van der Waals surface area (Å²) < 4.78 is 30.0. The third kappa shape index (κ3) is 4.29. The number of aromatic nitrogens is 2. The van der Waals surface area contributed by atoms with Crippen molar-refractivity contribution in [2.24, 2.45) is 0 Å². The Balaban J connectivity index is 1.59. The number of sulfonamides is 1. The van der Waals surface area contributed by atoms with Gasteiger partial charge in [0.25, 0.3) is 15.9 Å². The van der Waals surface area contributed by atoms with E-state index < -0.39 is 15.9 Å². The molecule has 0 unspecified atom stereocenters. The summed E-state index contributed by atoms with van der Waals surface area (Å²) in [7, 11) is -3.84. The zero-order valence-corrected chi connectivity index (χ0v) is 18.0. The first-order valence-electron chi connectivity index (χ1n) is 9.83. The van der Waals surface area contributed by atoms with E-state index in [1.165, 1.54) is 12.1 Å². The van der Waals surface area contributed by atoms with Crippen LogP contribution in [0.3, 0.4) is 0 Å². The number of carbonyl (C=O) groups excluding carboxylic acids is 1. The minimum Gasteiger partial charge on any atom is -0.310 e. The molecule has 0 aliphatic rings. The van der Waals surface area contributed by atoms with Crippen LogP contribution >= 0.6 is 0 Å². The van der Waals surface area contributed by atoms with Crippen LogP contribution in [0.5, 0.6) is 0 Å². The Morgan fingerprint density at radius 2 is 1.74 bits per heavy atom. The van der Waals surface area contributed by atoms with Crippen LogP contribution < -0.4 is 10.0 Å². The summed E-state index contributed by atoms with van der Waals surface area (Å²) in [6.45, 7) is 4.52. The number of aryl methyl sites for hydroxylation is 2. The predicted molar refractivity (Wildman–Crippen MR) is 122 cm³/mol. The molecule has 1 amide bonds. The third-order valence-electron chi connectivity index (χ3n) is 4.91. The Kier molecular flexibility index (Phi) is 5.48. The summed E-state index contributed by atoms with van der Waals surface area (Å²) in [6, 6.07) is 20.6. The maximum Gasteiger partial charge on any atom is 0.261 e. The number of para-hydroxylation sites is 2. The highest BCUT2D eigenvalue weighted by Gasteiger charge is 2.18. The molecule has 0 radical (unpaired) electrons. The highest BCUT2D eigenvalue weighted by atomic mass is 32.2. The van der Waals surface area contributed by atoms with E-state index in [0.29, 0.717) is 18.2 Å². The molecule has 3 aromatic carbocycles. The van der Waals surface area contributed by atoms with Crippen LogP contribution in [-0.2, 0) is 16.6 Å². The molecular formula is C23H22N4O3S. The number of imidazole rings is 1. The summed E-state index contributed by atoms with van der Waals surface area (Å²) >= 11 is 0. The Bertz CT molecular complexity index is 1360. The standard InChI is InChI=1S/C23H22N4O3S/c1-3-27-21-10-5-4-9-20(21)24-23(27)25-22(28)17-7-6-8-19(15-17)31(29,30)26-18-13-11-16(2)12-14-18/h4-15,26H,3H2,1-2H3,(H,24,25,28). The fourth-order valence-electron chi connectivity index (χ4n) is 3.30. The van der Waals surface area contributed by atoms with E-state index in [-0.39, 0.29) is 10.5 Å². The van der Waals surface area contributed by atoms with Gasteiger partial charge in [0.2, 0.25) is 5.95 Å². The molecule has 1 aromatic heterocycles. The second kappa shape index (κ2) is 8.23. The van der Waals surface area contributed by atoms with Crippen molar-refractivity contribution in [2.75, 3.05) is 10.0 Å². The van der Waals surface area contributed by atoms with Crippen molar-refractivity contribution in [2.45, 2.75) is 25.3 Å². The Labute approximate surface area is 180 Å². The molecular weight excluding hydrogens is 412 g/mol. The zero-order chi connectivity index (χ0) is 22.0. The Morgan fingerprint density at radius 3 is 2.48 bits per heavy atom. The first kappa shape index (κ1) is 20.6. The maximum absolute atomic E-state index is 12.9. The number of hydrogen-bond donors (Lipinski definition) is 2. The molecule has 0 aliphatic heterocycles. The van der Waals surface area contributed by atoms with Crippen molar-refractivity contribution in [3.63, 3.8) is 0 Å². The first-order chi connectivity index (χ1) is 14.9. The number of fused-ring (bicyclic) bond motifs is 1. The molecule has 31 heavy (non-hydrogen) atoms. The highest BCUT2D eigenvalue weighted by molar-refractivity contribution is 7.92. The van der Waals surface area contributed by atoms with Gasteiger partial charge in [0, 0.05) is 17.8 Å². The van der Waals surface area contributed by atoms with Gasteiger partial charge in [0.15, 0.2) is 0 Å². The molecule has 0 atom stereocenters. The molecule has 8 heteroatoms. The van der Waals surface area contributed by atoms with E-state index >= 15 is 0 Å². The Morgan fingerprint density at radius 1 is 1.00 bits per heavy atom. The summed E-state index contributed by atoms with van der Waals surface area (Å²) in [4.78, 5) is 17.3. The number of amides is 1. The summed E-state index contributed by atoms with van der Waals surface area (Å²) in [5.74, 6) is -0.0165. The summed E-state index contributed by atoms with van der Waals surface area (Å²) in [6.07, 6.45) is 0. The lowest BCUT2D eigenvalue weighted by Gasteiger charge is -2.11. The van der Waals surface area contributed by atoms with Gasteiger partial charge in [-0.3, -0.25) is 14.8 Å². The van der Waals surface area contributed by atoms with Crippen LogP contribution in [0, 0.1) is 6.92 Å². The van der Waals surface area contributed by atoms with Gasteiger partial charge in [-0.2, -0.15) is 0 Å². The second-order valence-electron chi connectivity index (χ2n) is 7.12. The lowest BCUT2D eigenvalue weighted by Crippen LogP contribution is -2.17. The number of rotatable bonds is 6. The van der Waals surface area contributed by atoms with Crippen molar-refractivity contribution in [1.29, 1.82) is 0 Å². The van der Waals surface area contributed by atoms with E-state index in [9.17, 15) is 13.2 Å². The molecule has 1 heterocycles. The van der Waals surface area contributed by atoms with Crippen LogP contribution in [0.25, 0.3) is 11.0 Å². The van der Waals surface area contributed by atoms with Crippen LogP contribution in [0.4, 0.5) is 11.6 Å². The van der Waals surface area contributed by atoms with E-state index in [2.05, 4.69) is 15.0 Å². The highest BCUT2D eigenvalue weighted by Crippen LogP contribution is 2.21. The number of anilines is 2. The topological polar surface area (TPSA) is 93.1 Å². The molecule has 7 nitrogen and oxygen atoms in total. The van der Waals surface area contributed by atoms with Crippen LogP contribution in [0.1, 0.15) is 22.8 Å². The van der Waals surface area contributed by atoms with Crippen molar-refractivity contribution < 1.29 is 13.2 Å². The average molecular weight is 435 g/mol. The van der Waals surface area contributed by atoms with Gasteiger partial charge in [0.1, 0.15) is 0 Å². The van der Waals surface area contributed by atoms with Gasteiger partial charge in [0.05, 0.1) is 15.9 Å². The summed E-state index contributed by atoms with van der Waals surface area (Å²) in [5.41, 5.74) is 3.40. The fourth-order valence-corrected chi connectivity index (χ4v) is 4.41. The lowest BCUT2D eigenvalue weighted by atomic mass is 10.2. The van der Waals surface area contributed by atoms with E-state index in [1.54, 1.807) is 24.3 Å². The number of hydrogen-bond acceptors (Lipinski definition) is 4. The summed E-state index contributed by atoms with van der Waals surface area (Å²) in [5, 5.41) is 2.80. The molecule has 4 aromatic rings. The van der Waals surface area contributed by atoms with E-state index in [0.717, 1.165) is 16.6 Å². The minimum atomic E-state index is -3.84. The van der Waals surface area contributed by atoms with Gasteiger partial charge in [-0.1, -0.05) is 35.9 Å².